The summed E-state index contributed by atoms with van der Waals surface area (Å²) >= 11 is 5.66. The third-order valence-electron chi connectivity index (χ3n) is 3.33. The van der Waals surface area contributed by atoms with E-state index < -0.39 is 35.5 Å². The van der Waals surface area contributed by atoms with Crippen LogP contribution in [0.4, 0.5) is 17.6 Å². The van der Waals surface area contributed by atoms with Crippen LogP contribution in [0.5, 0.6) is 5.75 Å². The second-order valence-corrected chi connectivity index (χ2v) is 6.41. The molecule has 0 spiro atoms. The molecule has 0 unspecified atom stereocenters. The first-order valence-electron chi connectivity index (χ1n) is 7.43. The van der Waals surface area contributed by atoms with Crippen molar-refractivity contribution in [3.63, 3.8) is 0 Å². The highest BCUT2D eigenvalue weighted by molar-refractivity contribution is 6.29. The molecule has 2 rings (SSSR count). The number of nitrogens with one attached hydrogen (secondary N) is 1. The van der Waals surface area contributed by atoms with Gasteiger partial charge in [-0.3, -0.25) is 9.78 Å². The van der Waals surface area contributed by atoms with E-state index in [0.29, 0.717) is 0 Å². The van der Waals surface area contributed by atoms with Crippen molar-refractivity contribution in [2.75, 3.05) is 0 Å². The largest absolute Gasteiger partial charge is 0.573 e. The van der Waals surface area contributed by atoms with Gasteiger partial charge in [-0.2, -0.15) is 0 Å². The Morgan fingerprint density at radius 3 is 2.48 bits per heavy atom. The number of nitrogens with zero attached hydrogens (tertiary/aromatic N) is 2. The number of amides is 1. The fraction of sp³-hybridized carbons (Fsp3) is 0.312. The van der Waals surface area contributed by atoms with Crippen LogP contribution in [0.2, 0.25) is 5.15 Å². The Bertz CT molecular complexity index is 840. The van der Waals surface area contributed by atoms with E-state index in [1.165, 1.54) is 20.0 Å². The number of alkyl halides is 3. The normalized spacial score (nSPS) is 13.2. The van der Waals surface area contributed by atoms with Crippen LogP contribution in [-0.4, -0.2) is 32.9 Å². The van der Waals surface area contributed by atoms with Gasteiger partial charge in [0.25, 0.3) is 5.91 Å². The van der Waals surface area contributed by atoms with Gasteiger partial charge in [0, 0.05) is 0 Å². The van der Waals surface area contributed by atoms with E-state index in [1.807, 2.05) is 0 Å². The summed E-state index contributed by atoms with van der Waals surface area (Å²) in [4.78, 5) is 19.8. The summed E-state index contributed by atoms with van der Waals surface area (Å²) in [6, 6.07) is 1.40. The Morgan fingerprint density at radius 1 is 1.30 bits per heavy atom. The molecule has 1 aromatic carbocycles. The van der Waals surface area contributed by atoms with Crippen LogP contribution < -0.4 is 10.1 Å². The average molecular weight is 408 g/mol. The van der Waals surface area contributed by atoms with Crippen molar-refractivity contribution in [2.45, 2.75) is 31.9 Å². The van der Waals surface area contributed by atoms with Crippen molar-refractivity contribution in [3.05, 3.63) is 52.8 Å². The highest BCUT2D eigenvalue weighted by atomic mass is 35.5. The molecule has 6 nitrogen and oxygen atoms in total. The molecule has 0 saturated carbocycles. The topological polar surface area (TPSA) is 84.3 Å². The lowest BCUT2D eigenvalue weighted by atomic mass is 9.91. The molecule has 2 N–H and O–H groups in total. The van der Waals surface area contributed by atoms with Crippen LogP contribution in [-0.2, 0) is 0 Å². The lowest BCUT2D eigenvalue weighted by Gasteiger charge is -2.30. The van der Waals surface area contributed by atoms with E-state index in [1.54, 1.807) is 0 Å². The highest BCUT2D eigenvalue weighted by Gasteiger charge is 2.34. The van der Waals surface area contributed by atoms with Gasteiger partial charge in [0.05, 0.1) is 24.0 Å². The van der Waals surface area contributed by atoms with E-state index in [-0.39, 0.29) is 16.4 Å². The number of carbonyl (C=O) groups excluding carboxylic acids is 1. The number of halogens is 5. The van der Waals surface area contributed by atoms with Crippen LogP contribution in [0.25, 0.3) is 0 Å². The second kappa shape index (κ2) is 7.65. The number of aromatic nitrogens is 2. The Kier molecular flexibility index (Phi) is 5.91. The zero-order valence-electron chi connectivity index (χ0n) is 14.0. The molecule has 0 radical (unpaired) electrons. The number of hydrogen-bond acceptors (Lipinski definition) is 5. The lowest BCUT2D eigenvalue weighted by Crippen LogP contribution is -2.42. The van der Waals surface area contributed by atoms with E-state index in [4.69, 9.17) is 11.6 Å². The molecular formula is C16H14ClF4N3O3. The number of hydrogen-bond donors (Lipinski definition) is 2. The molecule has 146 valence electrons. The second-order valence-electron chi connectivity index (χ2n) is 6.02. The third kappa shape index (κ3) is 5.76. The number of ether oxygens (including phenoxy) is 1. The van der Waals surface area contributed by atoms with E-state index >= 15 is 0 Å². The quantitative estimate of drug-likeness (QED) is 0.742. The van der Waals surface area contributed by atoms with Crippen molar-refractivity contribution >= 4 is 17.5 Å². The van der Waals surface area contributed by atoms with Gasteiger partial charge >= 0.3 is 6.36 Å². The monoisotopic (exact) mass is 407 g/mol. The minimum atomic E-state index is -5.06. The van der Waals surface area contributed by atoms with Crippen LogP contribution >= 0.6 is 11.6 Å². The summed E-state index contributed by atoms with van der Waals surface area (Å²) in [6.07, 6.45) is -2.72. The maximum absolute atomic E-state index is 14.0. The predicted molar refractivity (Wildman–Crippen MR) is 86.6 cm³/mol. The minimum absolute atomic E-state index is 0.0119. The van der Waals surface area contributed by atoms with Gasteiger partial charge in [0.1, 0.15) is 10.8 Å². The van der Waals surface area contributed by atoms with Crippen LogP contribution in [0.3, 0.4) is 0 Å². The first-order valence-corrected chi connectivity index (χ1v) is 7.80. The zero-order chi connectivity index (χ0) is 20.4. The summed E-state index contributed by atoms with van der Waals surface area (Å²) in [5.41, 5.74) is -1.74. The lowest BCUT2D eigenvalue weighted by molar-refractivity contribution is -0.275. The molecule has 1 amide bonds. The van der Waals surface area contributed by atoms with E-state index in [2.05, 4.69) is 20.0 Å². The standard InChI is InChI=1S/C16H14ClF4N3O3/c1-15(2,26)13(24-14(25)10-6-22-7-12(17)23-10)8-3-4-11(9(18)5-8)27-16(19,20)21/h3-7,13,26H,1-2H3,(H,24,25)/t13-/m0/s1. The third-order valence-corrected chi connectivity index (χ3v) is 3.52. The SMILES string of the molecule is CC(C)(O)[C@@H](NC(=O)c1cncc(Cl)n1)c1ccc(OC(F)(F)F)c(F)c1. The molecule has 0 aliphatic carbocycles. The Morgan fingerprint density at radius 2 is 1.96 bits per heavy atom. The van der Waals surface area contributed by atoms with Gasteiger partial charge in [0.2, 0.25) is 0 Å². The average Bonchev–Trinajstić information content (AvgIpc) is 2.52. The van der Waals surface area contributed by atoms with Crippen LogP contribution in [0.1, 0.15) is 35.9 Å². The molecule has 0 saturated heterocycles. The van der Waals surface area contributed by atoms with Gasteiger partial charge in [-0.05, 0) is 31.5 Å². The summed E-state index contributed by atoms with van der Waals surface area (Å²) < 4.78 is 54.3. The molecular weight excluding hydrogens is 394 g/mol. The minimum Gasteiger partial charge on any atom is -0.403 e. The molecule has 0 bridgehead atoms. The molecule has 0 aliphatic rings. The Balaban J connectivity index is 2.32. The maximum Gasteiger partial charge on any atom is 0.573 e. The number of aliphatic hydroxyl groups is 1. The molecule has 0 fully saturated rings. The summed E-state index contributed by atoms with van der Waals surface area (Å²) in [7, 11) is 0. The van der Waals surface area contributed by atoms with Crippen molar-refractivity contribution in [2.24, 2.45) is 0 Å². The molecule has 1 aromatic heterocycles. The van der Waals surface area contributed by atoms with Gasteiger partial charge in [-0.1, -0.05) is 17.7 Å². The molecule has 27 heavy (non-hydrogen) atoms. The maximum atomic E-state index is 14.0. The van der Waals surface area contributed by atoms with Crippen LogP contribution in [0, 0.1) is 5.82 Å². The summed E-state index contributed by atoms with van der Waals surface area (Å²) in [5, 5.41) is 12.7. The van der Waals surface area contributed by atoms with Gasteiger partial charge in [-0.25, -0.2) is 9.37 Å². The van der Waals surface area contributed by atoms with Crippen LogP contribution in [0.15, 0.2) is 30.6 Å². The van der Waals surface area contributed by atoms with Crippen molar-refractivity contribution < 1.29 is 32.2 Å². The van der Waals surface area contributed by atoms with Crippen molar-refractivity contribution in [1.29, 1.82) is 0 Å². The molecule has 0 aliphatic heterocycles. The summed E-state index contributed by atoms with van der Waals surface area (Å²) in [6.45, 7) is 2.67. The van der Waals surface area contributed by atoms with Gasteiger partial charge < -0.3 is 15.2 Å². The van der Waals surface area contributed by atoms with Crippen molar-refractivity contribution in [3.8, 4) is 5.75 Å². The van der Waals surface area contributed by atoms with E-state index in [0.717, 1.165) is 24.4 Å². The fourth-order valence-corrected chi connectivity index (χ4v) is 2.38. The van der Waals surface area contributed by atoms with Gasteiger partial charge in [0.15, 0.2) is 11.6 Å². The predicted octanol–water partition coefficient (Wildman–Crippen LogP) is 3.41. The number of benzene rings is 1. The fourth-order valence-electron chi connectivity index (χ4n) is 2.23. The first kappa shape index (κ1) is 20.8. The molecule has 1 heterocycles. The van der Waals surface area contributed by atoms with Crippen molar-refractivity contribution in [1.82, 2.24) is 15.3 Å². The zero-order valence-corrected chi connectivity index (χ0v) is 14.8. The summed E-state index contributed by atoms with van der Waals surface area (Å²) in [5.74, 6) is -3.11. The smallest absolute Gasteiger partial charge is 0.403 e. The highest BCUT2D eigenvalue weighted by Crippen LogP contribution is 2.31. The number of rotatable bonds is 5. The Hall–Kier alpha value is -2.46. The van der Waals surface area contributed by atoms with E-state index in [9.17, 15) is 27.5 Å². The molecule has 1 atom stereocenters. The molecule has 2 aromatic rings. The Labute approximate surface area is 156 Å². The first-order chi connectivity index (χ1) is 12.4. The molecule has 11 heteroatoms. The number of carbonyl (C=O) groups is 1. The van der Waals surface area contributed by atoms with Gasteiger partial charge in [-0.15, -0.1) is 13.2 Å².